The Morgan fingerprint density at radius 1 is 1.04 bits per heavy atom. The molecule has 0 atom stereocenters. The second-order valence-corrected chi connectivity index (χ2v) is 5.73. The monoisotopic (exact) mass is 354 g/mol. The highest BCUT2D eigenvalue weighted by Crippen LogP contribution is 2.14. The molecule has 6 nitrogen and oxygen atoms in total. The Kier molecular flexibility index (Phi) is 6.44. The molecule has 1 aromatic rings. The molecule has 1 aromatic carbocycles. The van der Waals surface area contributed by atoms with E-state index in [2.05, 4.69) is 4.74 Å². The third-order valence-electron chi connectivity index (χ3n) is 4.07. The standard InChI is InChI=1S/C17H20F2N2O4/c1-25-16(23)6-5-15(22)20-7-2-8-21(10-9-20)17(24)13-4-3-12(18)11-14(13)19/h3-4,11H,2,5-10H2,1H3. The smallest absolute Gasteiger partial charge is 0.306 e. The van der Waals surface area contributed by atoms with Crippen LogP contribution >= 0.6 is 0 Å². The molecular weight excluding hydrogens is 334 g/mol. The molecule has 0 N–H and O–H groups in total. The van der Waals surface area contributed by atoms with Gasteiger partial charge in [-0.2, -0.15) is 0 Å². The molecule has 0 aliphatic carbocycles. The van der Waals surface area contributed by atoms with Gasteiger partial charge in [-0.05, 0) is 18.6 Å². The summed E-state index contributed by atoms with van der Waals surface area (Å²) in [6.07, 6.45) is 0.598. The lowest BCUT2D eigenvalue weighted by molar-refractivity contribution is -0.143. The van der Waals surface area contributed by atoms with Gasteiger partial charge in [0.1, 0.15) is 11.6 Å². The second-order valence-electron chi connectivity index (χ2n) is 5.73. The van der Waals surface area contributed by atoms with Crippen LogP contribution in [0.25, 0.3) is 0 Å². The van der Waals surface area contributed by atoms with Crippen molar-refractivity contribution in [2.24, 2.45) is 0 Å². The van der Waals surface area contributed by atoms with Gasteiger partial charge in [0.2, 0.25) is 5.91 Å². The number of nitrogens with zero attached hydrogens (tertiary/aromatic N) is 2. The van der Waals surface area contributed by atoms with E-state index in [1.807, 2.05) is 0 Å². The van der Waals surface area contributed by atoms with Gasteiger partial charge in [-0.15, -0.1) is 0 Å². The molecule has 0 bridgehead atoms. The van der Waals surface area contributed by atoms with Crippen LogP contribution in [0.3, 0.4) is 0 Å². The molecule has 0 spiro atoms. The van der Waals surface area contributed by atoms with E-state index in [-0.39, 0.29) is 30.9 Å². The van der Waals surface area contributed by atoms with Gasteiger partial charge in [-0.3, -0.25) is 14.4 Å². The number of methoxy groups -OCH3 is 1. The van der Waals surface area contributed by atoms with Crippen LogP contribution < -0.4 is 0 Å². The van der Waals surface area contributed by atoms with Crippen molar-refractivity contribution in [2.45, 2.75) is 19.3 Å². The normalized spacial score (nSPS) is 14.8. The molecule has 2 rings (SSSR count). The number of hydrogen-bond donors (Lipinski definition) is 0. The summed E-state index contributed by atoms with van der Waals surface area (Å²) < 4.78 is 31.3. The lowest BCUT2D eigenvalue weighted by Gasteiger charge is -2.22. The number of rotatable bonds is 4. The molecule has 25 heavy (non-hydrogen) atoms. The number of benzene rings is 1. The van der Waals surface area contributed by atoms with Gasteiger partial charge in [0, 0.05) is 38.7 Å². The van der Waals surface area contributed by atoms with Crippen LogP contribution in [0, 0.1) is 11.6 Å². The number of esters is 1. The zero-order valence-corrected chi connectivity index (χ0v) is 14.0. The molecule has 0 aromatic heterocycles. The Labute approximate surface area is 144 Å². The highest BCUT2D eigenvalue weighted by Gasteiger charge is 2.24. The van der Waals surface area contributed by atoms with E-state index in [4.69, 9.17) is 0 Å². The summed E-state index contributed by atoms with van der Waals surface area (Å²) in [5.74, 6) is -2.81. The van der Waals surface area contributed by atoms with Crippen molar-refractivity contribution >= 4 is 17.8 Å². The minimum Gasteiger partial charge on any atom is -0.469 e. The number of amides is 2. The van der Waals surface area contributed by atoms with Gasteiger partial charge >= 0.3 is 5.97 Å². The zero-order chi connectivity index (χ0) is 18.4. The van der Waals surface area contributed by atoms with Gasteiger partial charge in [0.15, 0.2) is 0 Å². The van der Waals surface area contributed by atoms with Crippen LogP contribution in [0.4, 0.5) is 8.78 Å². The number of carbonyl (C=O) groups excluding carboxylic acids is 3. The van der Waals surface area contributed by atoms with Crippen molar-refractivity contribution in [3.63, 3.8) is 0 Å². The van der Waals surface area contributed by atoms with Gasteiger partial charge in [0.05, 0.1) is 19.1 Å². The fourth-order valence-corrected chi connectivity index (χ4v) is 2.67. The minimum atomic E-state index is -0.903. The van der Waals surface area contributed by atoms with Crippen LogP contribution in [-0.2, 0) is 14.3 Å². The predicted octanol–water partition coefficient (Wildman–Crippen LogP) is 1.59. The van der Waals surface area contributed by atoms with Crippen molar-refractivity contribution in [2.75, 3.05) is 33.3 Å². The van der Waals surface area contributed by atoms with E-state index in [9.17, 15) is 23.2 Å². The van der Waals surface area contributed by atoms with Crippen LogP contribution in [0.1, 0.15) is 29.6 Å². The van der Waals surface area contributed by atoms with Gasteiger partial charge in [-0.1, -0.05) is 0 Å². The SMILES string of the molecule is COC(=O)CCC(=O)N1CCCN(C(=O)c2ccc(F)cc2F)CC1. The van der Waals surface area contributed by atoms with E-state index in [0.29, 0.717) is 32.1 Å². The molecule has 0 saturated carbocycles. The lowest BCUT2D eigenvalue weighted by Crippen LogP contribution is -2.37. The molecule has 2 amide bonds. The highest BCUT2D eigenvalue weighted by molar-refractivity contribution is 5.94. The maximum absolute atomic E-state index is 13.8. The maximum atomic E-state index is 13.8. The molecule has 1 heterocycles. The van der Waals surface area contributed by atoms with Crippen molar-refractivity contribution in [3.05, 3.63) is 35.4 Å². The summed E-state index contributed by atoms with van der Waals surface area (Å²) in [7, 11) is 1.26. The number of ether oxygens (including phenoxy) is 1. The molecule has 136 valence electrons. The first kappa shape index (κ1) is 18.8. The summed E-state index contributed by atoms with van der Waals surface area (Å²) in [6.45, 7) is 1.38. The topological polar surface area (TPSA) is 66.9 Å². The number of hydrogen-bond acceptors (Lipinski definition) is 4. The Morgan fingerprint density at radius 3 is 2.40 bits per heavy atom. The second kappa shape index (κ2) is 8.55. The first-order valence-corrected chi connectivity index (χ1v) is 8.01. The molecule has 1 saturated heterocycles. The molecule has 1 fully saturated rings. The average Bonchev–Trinajstić information content (AvgIpc) is 2.85. The number of carbonyl (C=O) groups is 3. The zero-order valence-electron chi connectivity index (χ0n) is 14.0. The van der Waals surface area contributed by atoms with E-state index < -0.39 is 23.5 Å². The molecule has 0 radical (unpaired) electrons. The van der Waals surface area contributed by atoms with Gasteiger partial charge in [0.25, 0.3) is 5.91 Å². The average molecular weight is 354 g/mol. The van der Waals surface area contributed by atoms with Crippen molar-refractivity contribution in [1.29, 1.82) is 0 Å². The van der Waals surface area contributed by atoms with E-state index in [0.717, 1.165) is 12.1 Å². The first-order chi connectivity index (χ1) is 11.9. The van der Waals surface area contributed by atoms with Crippen molar-refractivity contribution in [3.8, 4) is 0 Å². The molecule has 0 unspecified atom stereocenters. The summed E-state index contributed by atoms with van der Waals surface area (Å²) in [5, 5.41) is 0. The summed E-state index contributed by atoms with van der Waals surface area (Å²) >= 11 is 0. The van der Waals surface area contributed by atoms with Crippen molar-refractivity contribution < 1.29 is 27.9 Å². The quantitative estimate of drug-likeness (QED) is 0.770. The highest BCUT2D eigenvalue weighted by atomic mass is 19.1. The summed E-state index contributed by atoms with van der Waals surface area (Å²) in [5.41, 5.74) is -0.188. The van der Waals surface area contributed by atoms with Crippen LogP contribution in [0.2, 0.25) is 0 Å². The molecule has 8 heteroatoms. The largest absolute Gasteiger partial charge is 0.469 e. The summed E-state index contributed by atoms with van der Waals surface area (Å²) in [4.78, 5) is 38.7. The van der Waals surface area contributed by atoms with Gasteiger partial charge in [-0.25, -0.2) is 8.78 Å². The van der Waals surface area contributed by atoms with Crippen LogP contribution in [-0.4, -0.2) is 60.9 Å². The molecular formula is C17H20F2N2O4. The predicted molar refractivity (Wildman–Crippen MR) is 84.7 cm³/mol. The van der Waals surface area contributed by atoms with Crippen LogP contribution in [0.5, 0.6) is 0 Å². The van der Waals surface area contributed by atoms with Crippen LogP contribution in [0.15, 0.2) is 18.2 Å². The Hall–Kier alpha value is -2.51. The van der Waals surface area contributed by atoms with E-state index in [1.165, 1.54) is 12.0 Å². The van der Waals surface area contributed by atoms with E-state index >= 15 is 0 Å². The lowest BCUT2D eigenvalue weighted by atomic mass is 10.1. The molecule has 1 aliphatic rings. The Bertz CT molecular complexity index is 666. The van der Waals surface area contributed by atoms with Crippen molar-refractivity contribution in [1.82, 2.24) is 9.80 Å². The Balaban J connectivity index is 1.95. The Morgan fingerprint density at radius 2 is 1.72 bits per heavy atom. The fraction of sp³-hybridized carbons (Fsp3) is 0.471. The molecule has 1 aliphatic heterocycles. The third kappa shape index (κ3) is 4.98. The van der Waals surface area contributed by atoms with Gasteiger partial charge < -0.3 is 14.5 Å². The third-order valence-corrected chi connectivity index (χ3v) is 4.07. The minimum absolute atomic E-state index is 0.00920. The first-order valence-electron chi connectivity index (χ1n) is 8.01. The summed E-state index contributed by atoms with van der Waals surface area (Å²) in [6, 6.07) is 2.83. The maximum Gasteiger partial charge on any atom is 0.306 e. The fourth-order valence-electron chi connectivity index (χ4n) is 2.67. The number of halogens is 2. The van der Waals surface area contributed by atoms with E-state index in [1.54, 1.807) is 4.90 Å².